The zero-order valence-corrected chi connectivity index (χ0v) is 11.0. The zero-order chi connectivity index (χ0) is 13.1. The predicted octanol–water partition coefficient (Wildman–Crippen LogP) is 2.91. The van der Waals surface area contributed by atoms with Crippen LogP contribution in [0.3, 0.4) is 0 Å². The number of benzene rings is 1. The molecule has 0 aliphatic carbocycles. The van der Waals surface area contributed by atoms with E-state index in [4.69, 9.17) is 10.3 Å². The summed E-state index contributed by atoms with van der Waals surface area (Å²) >= 11 is 0. The van der Waals surface area contributed by atoms with Crippen LogP contribution in [0.4, 0.5) is 5.82 Å². The molecular weight excluding hydrogens is 238 g/mol. The zero-order valence-electron chi connectivity index (χ0n) is 11.0. The number of hydrogen-bond acceptors (Lipinski definition) is 4. The monoisotopic (exact) mass is 257 g/mol. The Hall–Kier alpha value is -1.81. The Morgan fingerprint density at radius 2 is 1.84 bits per heavy atom. The fourth-order valence-electron chi connectivity index (χ4n) is 2.58. The third-order valence-corrected chi connectivity index (χ3v) is 3.62. The number of likely N-dealkylation sites (tertiary alicyclic amines) is 1. The molecule has 1 aromatic carbocycles. The van der Waals surface area contributed by atoms with Crippen molar-refractivity contribution in [2.75, 3.05) is 18.8 Å². The summed E-state index contributed by atoms with van der Waals surface area (Å²) in [6, 6.07) is 10.2. The maximum atomic E-state index is 5.56. The number of rotatable bonds is 3. The second-order valence-corrected chi connectivity index (χ2v) is 5.15. The van der Waals surface area contributed by atoms with E-state index in [1.807, 2.05) is 0 Å². The Morgan fingerprint density at radius 1 is 1.11 bits per heavy atom. The summed E-state index contributed by atoms with van der Waals surface area (Å²) in [5, 5.41) is 3.70. The highest BCUT2D eigenvalue weighted by Crippen LogP contribution is 2.22. The molecule has 0 amide bonds. The van der Waals surface area contributed by atoms with Gasteiger partial charge >= 0.3 is 0 Å². The minimum atomic E-state index is 0.424. The van der Waals surface area contributed by atoms with Crippen LogP contribution in [-0.2, 0) is 6.54 Å². The lowest BCUT2D eigenvalue weighted by Gasteiger charge is -2.26. The molecule has 0 atom stereocenters. The summed E-state index contributed by atoms with van der Waals surface area (Å²) in [4.78, 5) is 2.52. The van der Waals surface area contributed by atoms with Gasteiger partial charge in [0.1, 0.15) is 0 Å². The Morgan fingerprint density at radius 3 is 2.47 bits per heavy atom. The Labute approximate surface area is 113 Å². The molecule has 1 aliphatic rings. The average molecular weight is 257 g/mol. The second kappa shape index (κ2) is 5.45. The van der Waals surface area contributed by atoms with Crippen LogP contribution in [0.25, 0.3) is 11.3 Å². The highest BCUT2D eigenvalue weighted by atomic mass is 16.5. The molecule has 0 bridgehead atoms. The van der Waals surface area contributed by atoms with Crippen LogP contribution in [0, 0.1) is 0 Å². The Kier molecular flexibility index (Phi) is 3.51. The van der Waals surface area contributed by atoms with Crippen molar-refractivity contribution >= 4 is 5.82 Å². The van der Waals surface area contributed by atoms with Crippen LogP contribution in [0.1, 0.15) is 24.8 Å². The van der Waals surface area contributed by atoms with Crippen LogP contribution in [0.2, 0.25) is 0 Å². The number of nitrogens with zero attached hydrogens (tertiary/aromatic N) is 2. The molecule has 1 aromatic heterocycles. The quantitative estimate of drug-likeness (QED) is 0.918. The van der Waals surface area contributed by atoms with Crippen molar-refractivity contribution in [2.24, 2.45) is 0 Å². The molecule has 0 radical (unpaired) electrons. The van der Waals surface area contributed by atoms with Gasteiger partial charge in [0, 0.05) is 18.2 Å². The van der Waals surface area contributed by atoms with Gasteiger partial charge in [-0.3, -0.25) is 4.90 Å². The first-order valence-electron chi connectivity index (χ1n) is 6.85. The third kappa shape index (κ3) is 2.96. The summed E-state index contributed by atoms with van der Waals surface area (Å²) in [5.41, 5.74) is 7.92. The second-order valence-electron chi connectivity index (χ2n) is 5.15. The summed E-state index contributed by atoms with van der Waals surface area (Å²) in [7, 11) is 0. The van der Waals surface area contributed by atoms with E-state index >= 15 is 0 Å². The van der Waals surface area contributed by atoms with E-state index in [0.717, 1.165) is 17.9 Å². The maximum absolute atomic E-state index is 5.56. The van der Waals surface area contributed by atoms with E-state index in [0.29, 0.717) is 5.82 Å². The standard InChI is InChI=1S/C15H19N3O/c16-15-10-14(19-17-15)13-6-4-12(5-7-13)11-18-8-2-1-3-9-18/h4-7,10H,1-3,8-9,11H2,(H2,16,17). The van der Waals surface area contributed by atoms with Crippen LogP contribution >= 0.6 is 0 Å². The van der Waals surface area contributed by atoms with E-state index in [2.05, 4.69) is 34.3 Å². The highest BCUT2D eigenvalue weighted by molar-refractivity contribution is 5.60. The molecule has 2 N–H and O–H groups in total. The summed E-state index contributed by atoms with van der Waals surface area (Å²) in [6.45, 7) is 3.49. The smallest absolute Gasteiger partial charge is 0.169 e. The van der Waals surface area contributed by atoms with E-state index in [1.165, 1.54) is 37.9 Å². The molecule has 0 spiro atoms. The van der Waals surface area contributed by atoms with Gasteiger partial charge in [0.25, 0.3) is 0 Å². The average Bonchev–Trinajstić information content (AvgIpc) is 2.87. The number of hydrogen-bond donors (Lipinski definition) is 1. The molecule has 100 valence electrons. The lowest BCUT2D eigenvalue weighted by atomic mass is 10.1. The van der Waals surface area contributed by atoms with Gasteiger partial charge in [-0.15, -0.1) is 0 Å². The number of aromatic nitrogens is 1. The van der Waals surface area contributed by atoms with Gasteiger partial charge < -0.3 is 10.3 Å². The Balaban J connectivity index is 1.68. The summed E-state index contributed by atoms with van der Waals surface area (Å²) in [6.07, 6.45) is 4.03. The van der Waals surface area contributed by atoms with Crippen molar-refractivity contribution in [2.45, 2.75) is 25.8 Å². The molecule has 3 rings (SSSR count). The lowest BCUT2D eigenvalue weighted by molar-refractivity contribution is 0.221. The normalized spacial score (nSPS) is 16.6. The lowest BCUT2D eigenvalue weighted by Crippen LogP contribution is -2.28. The first kappa shape index (κ1) is 12.2. The molecule has 4 nitrogen and oxygen atoms in total. The van der Waals surface area contributed by atoms with Gasteiger partial charge in [0.15, 0.2) is 11.6 Å². The van der Waals surface area contributed by atoms with Gasteiger partial charge in [0.2, 0.25) is 0 Å². The first-order valence-corrected chi connectivity index (χ1v) is 6.85. The van der Waals surface area contributed by atoms with E-state index in [-0.39, 0.29) is 0 Å². The first-order chi connectivity index (χ1) is 9.31. The van der Waals surface area contributed by atoms with Crippen molar-refractivity contribution in [1.82, 2.24) is 10.1 Å². The van der Waals surface area contributed by atoms with Crippen molar-refractivity contribution < 1.29 is 4.52 Å². The van der Waals surface area contributed by atoms with Crippen LogP contribution in [0.5, 0.6) is 0 Å². The molecular formula is C15H19N3O. The number of nitrogen functional groups attached to an aromatic ring is 1. The van der Waals surface area contributed by atoms with Crippen molar-refractivity contribution in [3.8, 4) is 11.3 Å². The van der Waals surface area contributed by atoms with Crippen LogP contribution in [0.15, 0.2) is 34.9 Å². The minimum Gasteiger partial charge on any atom is -0.381 e. The molecule has 1 saturated heterocycles. The summed E-state index contributed by atoms with van der Waals surface area (Å²) < 4.78 is 5.15. The molecule has 2 heterocycles. The van der Waals surface area contributed by atoms with Gasteiger partial charge in [-0.25, -0.2) is 0 Å². The van der Waals surface area contributed by atoms with Gasteiger partial charge in [-0.2, -0.15) is 0 Å². The molecule has 0 saturated carbocycles. The largest absolute Gasteiger partial charge is 0.381 e. The van der Waals surface area contributed by atoms with Gasteiger partial charge in [0.05, 0.1) is 0 Å². The molecule has 1 aliphatic heterocycles. The van der Waals surface area contributed by atoms with Gasteiger partial charge in [-0.1, -0.05) is 35.8 Å². The van der Waals surface area contributed by atoms with E-state index in [9.17, 15) is 0 Å². The third-order valence-electron chi connectivity index (χ3n) is 3.62. The summed E-state index contributed by atoms with van der Waals surface area (Å²) in [5.74, 6) is 1.15. The maximum Gasteiger partial charge on any atom is 0.169 e. The number of piperidine rings is 1. The topological polar surface area (TPSA) is 55.3 Å². The van der Waals surface area contributed by atoms with Crippen molar-refractivity contribution in [3.05, 3.63) is 35.9 Å². The van der Waals surface area contributed by atoms with Crippen LogP contribution in [-0.4, -0.2) is 23.1 Å². The van der Waals surface area contributed by atoms with Gasteiger partial charge in [-0.05, 0) is 31.5 Å². The molecule has 2 aromatic rings. The highest BCUT2D eigenvalue weighted by Gasteiger charge is 2.10. The van der Waals surface area contributed by atoms with Crippen molar-refractivity contribution in [3.63, 3.8) is 0 Å². The fraction of sp³-hybridized carbons (Fsp3) is 0.400. The van der Waals surface area contributed by atoms with E-state index < -0.39 is 0 Å². The SMILES string of the molecule is Nc1cc(-c2ccc(CN3CCCCC3)cc2)on1. The molecule has 0 unspecified atom stereocenters. The predicted molar refractivity (Wildman–Crippen MR) is 75.5 cm³/mol. The Bertz CT molecular complexity index is 527. The fourth-order valence-corrected chi connectivity index (χ4v) is 2.58. The molecule has 4 heteroatoms. The minimum absolute atomic E-state index is 0.424. The van der Waals surface area contributed by atoms with E-state index in [1.54, 1.807) is 6.07 Å². The van der Waals surface area contributed by atoms with Crippen LogP contribution < -0.4 is 5.73 Å². The molecule has 1 fully saturated rings. The van der Waals surface area contributed by atoms with Crippen molar-refractivity contribution in [1.29, 1.82) is 0 Å². The molecule has 19 heavy (non-hydrogen) atoms. The number of anilines is 1. The number of nitrogens with two attached hydrogens (primary N) is 1.